The summed E-state index contributed by atoms with van der Waals surface area (Å²) in [7, 11) is 1.63. The average Bonchev–Trinajstić information content (AvgIpc) is 3.40. The molecule has 6 nitrogen and oxygen atoms in total. The third-order valence-corrected chi connectivity index (χ3v) is 6.51. The number of carbonyl (C=O) groups excluding carboxylic acids is 1. The van der Waals surface area contributed by atoms with Crippen LogP contribution in [0, 0.1) is 12.7 Å². The molecule has 0 spiro atoms. The predicted molar refractivity (Wildman–Crippen MR) is 127 cm³/mol. The summed E-state index contributed by atoms with van der Waals surface area (Å²) in [6, 6.07) is 16.3. The van der Waals surface area contributed by atoms with Crippen molar-refractivity contribution in [3.05, 3.63) is 88.6 Å². The Morgan fingerprint density at radius 2 is 1.94 bits per heavy atom. The van der Waals surface area contributed by atoms with Crippen molar-refractivity contribution >= 4 is 29.3 Å². The van der Waals surface area contributed by atoms with Crippen molar-refractivity contribution in [2.45, 2.75) is 25.2 Å². The Bertz CT molecular complexity index is 1240. The summed E-state index contributed by atoms with van der Waals surface area (Å²) in [6.45, 7) is 2.50. The Kier molecular flexibility index (Phi) is 7.15. The molecular formula is C24H22ClFN4O2S. The molecule has 0 unspecified atom stereocenters. The summed E-state index contributed by atoms with van der Waals surface area (Å²) in [4.78, 5) is 14.2. The number of nitrogens with zero attached hydrogens (tertiary/aromatic N) is 4. The number of halogens is 2. The molecule has 0 N–H and O–H groups in total. The quantitative estimate of drug-likeness (QED) is 0.312. The molecule has 0 fully saturated rings. The molecule has 1 amide bonds. The molecule has 2 heterocycles. The summed E-state index contributed by atoms with van der Waals surface area (Å²) in [6.07, 6.45) is 1.62. The molecule has 0 aliphatic carbocycles. The van der Waals surface area contributed by atoms with Gasteiger partial charge in [-0.15, -0.1) is 10.2 Å². The van der Waals surface area contributed by atoms with Crippen LogP contribution in [0.15, 0.2) is 70.4 Å². The smallest absolute Gasteiger partial charge is 0.233 e. The van der Waals surface area contributed by atoms with Gasteiger partial charge in [-0.25, -0.2) is 4.39 Å². The van der Waals surface area contributed by atoms with Gasteiger partial charge in [0, 0.05) is 24.2 Å². The number of amides is 1. The van der Waals surface area contributed by atoms with E-state index >= 15 is 0 Å². The molecule has 2 aromatic heterocycles. The molecule has 0 bridgehead atoms. The Hall–Kier alpha value is -3.10. The van der Waals surface area contributed by atoms with Crippen LogP contribution in [0.25, 0.3) is 11.4 Å². The van der Waals surface area contributed by atoms with Crippen molar-refractivity contribution in [2.24, 2.45) is 0 Å². The topological polar surface area (TPSA) is 64.2 Å². The Morgan fingerprint density at radius 1 is 1.15 bits per heavy atom. The van der Waals surface area contributed by atoms with E-state index in [4.69, 9.17) is 16.0 Å². The van der Waals surface area contributed by atoms with Crippen molar-refractivity contribution in [3.8, 4) is 11.4 Å². The lowest BCUT2D eigenvalue weighted by Crippen LogP contribution is -2.28. The zero-order chi connectivity index (χ0) is 23.4. The molecular weight excluding hydrogens is 463 g/mol. The number of furan rings is 1. The molecule has 0 atom stereocenters. The Balaban J connectivity index is 1.52. The number of rotatable bonds is 8. The van der Waals surface area contributed by atoms with Crippen LogP contribution in [0.3, 0.4) is 0 Å². The molecule has 33 heavy (non-hydrogen) atoms. The zero-order valence-electron chi connectivity index (χ0n) is 18.2. The van der Waals surface area contributed by atoms with Gasteiger partial charge >= 0.3 is 0 Å². The first-order valence-corrected chi connectivity index (χ1v) is 11.6. The highest BCUT2D eigenvalue weighted by molar-refractivity contribution is 7.99. The average molecular weight is 485 g/mol. The van der Waals surface area contributed by atoms with E-state index < -0.39 is 5.82 Å². The number of hydrogen-bond donors (Lipinski definition) is 0. The summed E-state index contributed by atoms with van der Waals surface area (Å²) >= 11 is 7.39. The second kappa shape index (κ2) is 10.2. The molecule has 9 heteroatoms. The predicted octanol–water partition coefficient (Wildman–Crippen LogP) is 5.44. The van der Waals surface area contributed by atoms with Crippen LogP contribution in [0.1, 0.15) is 16.9 Å². The minimum absolute atomic E-state index is 0.0844. The lowest BCUT2D eigenvalue weighted by atomic mass is 10.2. The summed E-state index contributed by atoms with van der Waals surface area (Å²) in [5.41, 5.74) is 2.23. The molecule has 0 aliphatic heterocycles. The van der Waals surface area contributed by atoms with E-state index in [0.717, 1.165) is 16.9 Å². The number of aryl methyl sites for hydroxylation is 1. The van der Waals surface area contributed by atoms with Gasteiger partial charge in [-0.2, -0.15) is 0 Å². The largest absolute Gasteiger partial charge is 0.469 e. The van der Waals surface area contributed by atoms with E-state index in [9.17, 15) is 9.18 Å². The number of thioether (sulfide) groups is 1. The normalized spacial score (nSPS) is 11.0. The minimum atomic E-state index is -0.433. The van der Waals surface area contributed by atoms with Crippen molar-refractivity contribution in [3.63, 3.8) is 0 Å². The van der Waals surface area contributed by atoms with Crippen LogP contribution in [0.5, 0.6) is 0 Å². The van der Waals surface area contributed by atoms with E-state index in [-0.39, 0.29) is 18.2 Å². The zero-order valence-corrected chi connectivity index (χ0v) is 19.7. The fourth-order valence-corrected chi connectivity index (χ4v) is 4.47. The van der Waals surface area contributed by atoms with E-state index in [2.05, 4.69) is 10.2 Å². The van der Waals surface area contributed by atoms with Crippen molar-refractivity contribution in [1.29, 1.82) is 0 Å². The van der Waals surface area contributed by atoms with Crippen LogP contribution >= 0.6 is 23.4 Å². The molecule has 2 aromatic carbocycles. The van der Waals surface area contributed by atoms with Gasteiger partial charge in [-0.05, 0) is 30.7 Å². The lowest BCUT2D eigenvalue weighted by Gasteiger charge is -2.18. The van der Waals surface area contributed by atoms with Gasteiger partial charge in [0.2, 0.25) is 5.91 Å². The van der Waals surface area contributed by atoms with Gasteiger partial charge in [-0.1, -0.05) is 59.8 Å². The van der Waals surface area contributed by atoms with Crippen molar-refractivity contribution in [1.82, 2.24) is 19.7 Å². The molecule has 0 saturated heterocycles. The molecule has 4 aromatic rings. The maximum absolute atomic E-state index is 14.1. The van der Waals surface area contributed by atoms with Gasteiger partial charge in [0.1, 0.15) is 11.6 Å². The summed E-state index contributed by atoms with van der Waals surface area (Å²) < 4.78 is 21.5. The Morgan fingerprint density at radius 3 is 2.64 bits per heavy atom. The van der Waals surface area contributed by atoms with Crippen molar-refractivity contribution in [2.75, 3.05) is 12.8 Å². The highest BCUT2D eigenvalue weighted by atomic mass is 35.5. The van der Waals surface area contributed by atoms with Gasteiger partial charge < -0.3 is 9.32 Å². The second-order valence-electron chi connectivity index (χ2n) is 7.51. The lowest BCUT2D eigenvalue weighted by molar-refractivity contribution is -0.127. The Labute approximate surface area is 200 Å². The number of aromatic nitrogens is 3. The van der Waals surface area contributed by atoms with Crippen LogP contribution < -0.4 is 0 Å². The highest BCUT2D eigenvalue weighted by Crippen LogP contribution is 2.28. The minimum Gasteiger partial charge on any atom is -0.469 e. The van der Waals surface area contributed by atoms with E-state index in [1.807, 2.05) is 47.9 Å². The van der Waals surface area contributed by atoms with E-state index in [1.54, 1.807) is 19.4 Å². The van der Waals surface area contributed by atoms with Gasteiger partial charge in [-0.3, -0.25) is 9.36 Å². The molecule has 0 saturated carbocycles. The maximum Gasteiger partial charge on any atom is 0.233 e. The second-order valence-corrected chi connectivity index (χ2v) is 8.86. The van der Waals surface area contributed by atoms with Crippen LogP contribution in [0.2, 0.25) is 5.02 Å². The third-order valence-electron chi connectivity index (χ3n) is 5.21. The van der Waals surface area contributed by atoms with Crippen molar-refractivity contribution < 1.29 is 13.6 Å². The summed E-state index contributed by atoms with van der Waals surface area (Å²) in [5, 5.41) is 9.61. The molecule has 4 rings (SSSR count). The molecule has 170 valence electrons. The number of carbonyl (C=O) groups is 1. The van der Waals surface area contributed by atoms with Crippen LogP contribution in [-0.4, -0.2) is 38.4 Å². The number of benzene rings is 2. The fourth-order valence-electron chi connectivity index (χ4n) is 3.37. The number of hydrogen-bond acceptors (Lipinski definition) is 5. The van der Waals surface area contributed by atoms with Gasteiger partial charge in [0.25, 0.3) is 0 Å². The van der Waals surface area contributed by atoms with Crippen LogP contribution in [0.4, 0.5) is 4.39 Å². The van der Waals surface area contributed by atoms with Gasteiger partial charge in [0.15, 0.2) is 11.0 Å². The van der Waals surface area contributed by atoms with Gasteiger partial charge in [0.05, 0.1) is 24.1 Å². The monoisotopic (exact) mass is 484 g/mol. The van der Waals surface area contributed by atoms with E-state index in [0.29, 0.717) is 28.1 Å². The first-order valence-electron chi connectivity index (χ1n) is 10.2. The summed E-state index contributed by atoms with van der Waals surface area (Å²) in [5.74, 6) is 0.935. The molecule has 0 aliphatic rings. The van der Waals surface area contributed by atoms with E-state index in [1.165, 1.54) is 28.8 Å². The third kappa shape index (κ3) is 5.29. The first kappa shape index (κ1) is 23.1. The standard InChI is InChI=1S/C24H22ClFN4O2S/c1-16-18(11-12-32-16)23-27-28-24(30(23)13-17-7-4-3-5-8-17)33-15-22(31)29(2)14-19-20(25)9-6-10-21(19)26/h3-12H,13-15H2,1-2H3. The SMILES string of the molecule is Cc1occc1-c1nnc(SCC(=O)N(C)Cc2c(F)cccc2Cl)n1Cc1ccccc1. The molecule has 0 radical (unpaired) electrons. The fraction of sp³-hybridized carbons (Fsp3) is 0.208. The maximum atomic E-state index is 14.1. The van der Waals surface area contributed by atoms with Crippen LogP contribution in [-0.2, 0) is 17.9 Å². The highest BCUT2D eigenvalue weighted by Gasteiger charge is 2.20. The first-order chi connectivity index (χ1) is 15.9.